The van der Waals surface area contributed by atoms with E-state index in [0.29, 0.717) is 5.56 Å². The summed E-state index contributed by atoms with van der Waals surface area (Å²) in [4.78, 5) is 13.5. The van der Waals surface area contributed by atoms with Gasteiger partial charge in [-0.3, -0.25) is 0 Å². The highest BCUT2D eigenvalue weighted by atomic mass is 32.2. The molecule has 0 aromatic heterocycles. The number of hydrogen-bond donors (Lipinski definition) is 0. The predicted molar refractivity (Wildman–Crippen MR) is 134 cm³/mol. The first-order valence-corrected chi connectivity index (χ1v) is 13.1. The second-order valence-corrected chi connectivity index (χ2v) is 12.3. The normalized spacial score (nSPS) is 12.5. The van der Waals surface area contributed by atoms with Crippen LogP contribution in [-0.4, -0.2) is 24.4 Å². The second-order valence-electron chi connectivity index (χ2n) is 10.5. The van der Waals surface area contributed by atoms with Crippen LogP contribution in [0.3, 0.4) is 0 Å². The number of rotatable bonds is 7. The molecule has 0 atom stereocenters. The van der Waals surface area contributed by atoms with Crippen LogP contribution in [0.15, 0.2) is 47.4 Å². The van der Waals surface area contributed by atoms with E-state index in [9.17, 15) is 13.2 Å². The van der Waals surface area contributed by atoms with Crippen molar-refractivity contribution in [2.45, 2.75) is 97.1 Å². The molecule has 0 unspecified atom stereocenters. The summed E-state index contributed by atoms with van der Waals surface area (Å²) in [6.45, 7) is 17.2. The smallest absolute Gasteiger partial charge is 0.424 e. The molecule has 33 heavy (non-hydrogen) atoms. The zero-order valence-corrected chi connectivity index (χ0v) is 22.3. The van der Waals surface area contributed by atoms with Crippen LogP contribution in [0.2, 0.25) is 0 Å². The molecule has 2 aromatic rings. The molecule has 5 nitrogen and oxygen atoms in total. The lowest BCUT2D eigenvalue weighted by atomic mass is 9.89. The van der Waals surface area contributed by atoms with E-state index in [1.165, 1.54) is 0 Å². The Balaban J connectivity index is 2.79. The van der Waals surface area contributed by atoms with Gasteiger partial charge >= 0.3 is 6.09 Å². The highest BCUT2D eigenvalue weighted by Crippen LogP contribution is 2.37. The van der Waals surface area contributed by atoms with Gasteiger partial charge < -0.3 is 4.74 Å². The van der Waals surface area contributed by atoms with Crippen molar-refractivity contribution in [3.05, 3.63) is 64.7 Å². The lowest BCUT2D eigenvalue weighted by Crippen LogP contribution is -2.41. The molecule has 182 valence electrons. The molecule has 0 saturated heterocycles. The summed E-state index contributed by atoms with van der Waals surface area (Å²) in [6.07, 6.45) is -0.872. The Bertz CT molecular complexity index is 1040. The molecule has 2 rings (SSSR count). The predicted octanol–water partition coefficient (Wildman–Crippen LogP) is 7.18. The Labute approximate surface area is 200 Å². The summed E-state index contributed by atoms with van der Waals surface area (Å²) in [5.41, 5.74) is 2.43. The van der Waals surface area contributed by atoms with Crippen LogP contribution in [0.25, 0.3) is 0 Å². The maximum absolute atomic E-state index is 14.2. The Morgan fingerprint density at radius 1 is 0.879 bits per heavy atom. The number of nitrogens with zero attached hydrogens (tertiary/aromatic N) is 1. The molecule has 0 heterocycles. The van der Waals surface area contributed by atoms with Gasteiger partial charge in [0.1, 0.15) is 5.60 Å². The third-order valence-corrected chi connectivity index (χ3v) is 7.24. The minimum Gasteiger partial charge on any atom is -0.443 e. The SMILES string of the molecule is CC(C)c1cc(C(C)C)c(S(=O)(=O)N(Cc2ccccc2)C(=O)OC(C)(C)C)c(C(C)C)c1. The number of benzene rings is 2. The van der Waals surface area contributed by atoms with Crippen LogP contribution in [0, 0.1) is 0 Å². The van der Waals surface area contributed by atoms with Crippen molar-refractivity contribution in [1.82, 2.24) is 4.31 Å². The van der Waals surface area contributed by atoms with Crippen LogP contribution in [0.1, 0.15) is 102 Å². The summed E-state index contributed by atoms with van der Waals surface area (Å²) in [5.74, 6) is 0.175. The van der Waals surface area contributed by atoms with Crippen molar-refractivity contribution in [2.24, 2.45) is 0 Å². The number of carbonyl (C=O) groups is 1. The van der Waals surface area contributed by atoms with E-state index in [0.717, 1.165) is 21.0 Å². The monoisotopic (exact) mass is 473 g/mol. The third kappa shape index (κ3) is 6.59. The fraction of sp³-hybridized carbons (Fsp3) is 0.519. The van der Waals surface area contributed by atoms with E-state index in [2.05, 4.69) is 13.8 Å². The number of amides is 1. The average Bonchev–Trinajstić information content (AvgIpc) is 2.70. The van der Waals surface area contributed by atoms with Crippen molar-refractivity contribution in [2.75, 3.05) is 0 Å². The summed E-state index contributed by atoms with van der Waals surface area (Å²) in [6, 6.07) is 13.1. The first-order chi connectivity index (χ1) is 15.1. The molecule has 0 saturated carbocycles. The van der Waals surface area contributed by atoms with E-state index >= 15 is 0 Å². The molecular weight excluding hydrogens is 434 g/mol. The van der Waals surface area contributed by atoms with Gasteiger partial charge in [-0.2, -0.15) is 4.31 Å². The largest absolute Gasteiger partial charge is 0.443 e. The van der Waals surface area contributed by atoms with Gasteiger partial charge in [0.05, 0.1) is 11.4 Å². The highest BCUT2D eigenvalue weighted by Gasteiger charge is 2.37. The molecule has 0 spiro atoms. The van der Waals surface area contributed by atoms with Crippen LogP contribution in [0.5, 0.6) is 0 Å². The standard InChI is InChI=1S/C27H39NO4S/c1-18(2)22-15-23(19(3)4)25(24(16-22)20(5)6)33(30,31)28(26(29)32-27(7,8)9)17-21-13-11-10-12-14-21/h10-16,18-20H,17H2,1-9H3. The fourth-order valence-electron chi connectivity index (χ4n) is 3.61. The fourth-order valence-corrected chi connectivity index (χ4v) is 5.57. The van der Waals surface area contributed by atoms with Crippen molar-refractivity contribution in [1.29, 1.82) is 0 Å². The van der Waals surface area contributed by atoms with Gasteiger partial charge in [0, 0.05) is 0 Å². The molecule has 0 aliphatic heterocycles. The van der Waals surface area contributed by atoms with Gasteiger partial charge in [0.2, 0.25) is 0 Å². The van der Waals surface area contributed by atoms with Gasteiger partial charge in [-0.05, 0) is 60.8 Å². The molecular formula is C27H39NO4S. The molecule has 1 amide bonds. The van der Waals surface area contributed by atoms with Gasteiger partial charge in [0.15, 0.2) is 0 Å². The molecule has 0 fully saturated rings. The molecule has 2 aromatic carbocycles. The van der Waals surface area contributed by atoms with Crippen LogP contribution < -0.4 is 0 Å². The second kappa shape index (κ2) is 10.3. The van der Waals surface area contributed by atoms with Gasteiger partial charge in [-0.15, -0.1) is 0 Å². The summed E-state index contributed by atoms with van der Waals surface area (Å²) >= 11 is 0. The van der Waals surface area contributed by atoms with Crippen molar-refractivity contribution < 1.29 is 17.9 Å². The zero-order valence-electron chi connectivity index (χ0n) is 21.5. The Hall–Kier alpha value is -2.34. The van der Waals surface area contributed by atoms with Crippen LogP contribution in [-0.2, 0) is 21.3 Å². The van der Waals surface area contributed by atoms with Gasteiger partial charge in [0.25, 0.3) is 10.0 Å². The van der Waals surface area contributed by atoms with Crippen molar-refractivity contribution >= 4 is 16.1 Å². The maximum atomic E-state index is 14.2. The third-order valence-electron chi connectivity index (χ3n) is 5.39. The Morgan fingerprint density at radius 2 is 1.36 bits per heavy atom. The summed E-state index contributed by atoms with van der Waals surface area (Å²) in [5, 5.41) is 0. The summed E-state index contributed by atoms with van der Waals surface area (Å²) < 4.78 is 34.9. The van der Waals surface area contributed by atoms with Crippen molar-refractivity contribution in [3.8, 4) is 0 Å². The lowest BCUT2D eigenvalue weighted by molar-refractivity contribution is 0.0381. The van der Waals surface area contributed by atoms with E-state index in [4.69, 9.17) is 4.74 Å². The molecule has 0 bridgehead atoms. The number of ether oxygens (including phenoxy) is 1. The highest BCUT2D eigenvalue weighted by molar-refractivity contribution is 7.89. The Morgan fingerprint density at radius 3 is 1.76 bits per heavy atom. The zero-order chi connectivity index (χ0) is 25.1. The first kappa shape index (κ1) is 26.9. The summed E-state index contributed by atoms with van der Waals surface area (Å²) in [7, 11) is -4.21. The molecule has 6 heteroatoms. The van der Waals surface area contributed by atoms with E-state index < -0.39 is 21.7 Å². The topological polar surface area (TPSA) is 63.7 Å². The molecule has 0 radical (unpaired) electrons. The quantitative estimate of drug-likeness (QED) is 0.427. The van der Waals surface area contributed by atoms with E-state index in [-0.39, 0.29) is 29.2 Å². The van der Waals surface area contributed by atoms with Crippen LogP contribution in [0.4, 0.5) is 4.79 Å². The first-order valence-electron chi connectivity index (χ1n) is 11.6. The minimum absolute atomic E-state index is 0.0387. The number of carbonyl (C=O) groups excluding carboxylic acids is 1. The molecule has 0 aliphatic carbocycles. The maximum Gasteiger partial charge on any atom is 0.424 e. The van der Waals surface area contributed by atoms with Crippen LogP contribution >= 0.6 is 0 Å². The van der Waals surface area contributed by atoms with Crippen molar-refractivity contribution in [3.63, 3.8) is 0 Å². The van der Waals surface area contributed by atoms with E-state index in [1.54, 1.807) is 20.8 Å². The van der Waals surface area contributed by atoms with Gasteiger partial charge in [-0.1, -0.05) is 84.0 Å². The molecule has 0 N–H and O–H groups in total. The Kier molecular flexibility index (Phi) is 8.39. The number of hydrogen-bond acceptors (Lipinski definition) is 4. The van der Waals surface area contributed by atoms with Gasteiger partial charge in [-0.25, -0.2) is 13.2 Å². The average molecular weight is 474 g/mol. The van der Waals surface area contributed by atoms with E-state index in [1.807, 2.05) is 70.2 Å². The minimum atomic E-state index is -4.21. The number of sulfonamides is 1. The molecule has 0 aliphatic rings. The lowest BCUT2D eigenvalue weighted by Gasteiger charge is -2.30.